The van der Waals surface area contributed by atoms with Gasteiger partial charge in [0.2, 0.25) is 0 Å². The third kappa shape index (κ3) is 5.07. The molecule has 0 bridgehead atoms. The number of sulfone groups is 1. The van der Waals surface area contributed by atoms with E-state index in [1.54, 1.807) is 19.2 Å². The number of nitrogens with one attached hydrogen (secondary N) is 2. The zero-order valence-corrected chi connectivity index (χ0v) is 14.3. The van der Waals surface area contributed by atoms with Crippen molar-refractivity contribution in [3.8, 4) is 0 Å². The Kier molecular flexibility index (Phi) is 5.94. The van der Waals surface area contributed by atoms with Gasteiger partial charge in [-0.25, -0.2) is 13.2 Å². The molecule has 0 saturated heterocycles. The average Bonchev–Trinajstić information content (AvgIpc) is 2.56. The Bertz CT molecular complexity index is 791. The number of amides is 2. The topological polar surface area (TPSA) is 84.5 Å². The van der Waals surface area contributed by atoms with Gasteiger partial charge in [0.25, 0.3) is 0 Å². The fourth-order valence-corrected chi connectivity index (χ4v) is 2.84. The van der Waals surface area contributed by atoms with Gasteiger partial charge in [0.1, 0.15) is 0 Å². The summed E-state index contributed by atoms with van der Waals surface area (Å²) in [5, 5.41) is 5.33. The first-order valence-electron chi connectivity index (χ1n) is 7.33. The summed E-state index contributed by atoms with van der Waals surface area (Å²) >= 11 is 0. The van der Waals surface area contributed by atoms with Crippen LogP contribution in [0, 0.1) is 0 Å². The summed E-state index contributed by atoms with van der Waals surface area (Å²) in [7, 11) is -1.74. The maximum atomic E-state index is 12.0. The minimum absolute atomic E-state index is 0.152. The van der Waals surface area contributed by atoms with Crippen molar-refractivity contribution < 1.29 is 17.9 Å². The molecule has 0 aliphatic heterocycles. The molecule has 2 rings (SSSR count). The van der Waals surface area contributed by atoms with Crippen molar-refractivity contribution in [3.05, 3.63) is 60.2 Å². The van der Waals surface area contributed by atoms with Crippen molar-refractivity contribution in [2.45, 2.75) is 11.0 Å². The predicted octanol–water partition coefficient (Wildman–Crippen LogP) is 2.60. The monoisotopic (exact) mass is 348 g/mol. The van der Waals surface area contributed by atoms with Crippen molar-refractivity contribution in [1.82, 2.24) is 5.32 Å². The fraction of sp³-hybridized carbons (Fsp3) is 0.235. The molecule has 0 aliphatic carbocycles. The molecule has 0 aromatic heterocycles. The molecule has 1 atom stereocenters. The van der Waals surface area contributed by atoms with Crippen molar-refractivity contribution >= 4 is 21.6 Å². The van der Waals surface area contributed by atoms with Crippen LogP contribution in [0.3, 0.4) is 0 Å². The molecule has 0 heterocycles. The van der Waals surface area contributed by atoms with Gasteiger partial charge in [0.15, 0.2) is 9.84 Å². The van der Waals surface area contributed by atoms with E-state index in [0.717, 1.165) is 11.8 Å². The largest absolute Gasteiger partial charge is 0.375 e. The number of hydrogen-bond donors (Lipinski definition) is 2. The quantitative estimate of drug-likeness (QED) is 0.840. The van der Waals surface area contributed by atoms with Gasteiger partial charge in [0, 0.05) is 25.6 Å². The van der Waals surface area contributed by atoms with E-state index in [2.05, 4.69) is 10.6 Å². The summed E-state index contributed by atoms with van der Waals surface area (Å²) in [6.07, 6.45) is 0.856. The van der Waals surface area contributed by atoms with E-state index < -0.39 is 15.9 Å². The Labute approximate surface area is 141 Å². The van der Waals surface area contributed by atoms with E-state index in [-0.39, 0.29) is 17.5 Å². The Morgan fingerprint density at radius 1 is 1.12 bits per heavy atom. The minimum Gasteiger partial charge on any atom is -0.375 e. The lowest BCUT2D eigenvalue weighted by Crippen LogP contribution is -2.32. The highest BCUT2D eigenvalue weighted by molar-refractivity contribution is 7.90. The number of hydrogen-bond acceptors (Lipinski definition) is 4. The summed E-state index contributed by atoms with van der Waals surface area (Å²) < 4.78 is 28.5. The zero-order valence-electron chi connectivity index (χ0n) is 13.5. The number of carbonyl (C=O) groups excluding carboxylic acids is 1. The van der Waals surface area contributed by atoms with Gasteiger partial charge >= 0.3 is 6.03 Å². The summed E-state index contributed by atoms with van der Waals surface area (Å²) in [6.45, 7) is 0.290. The Morgan fingerprint density at radius 2 is 1.83 bits per heavy atom. The summed E-state index contributed by atoms with van der Waals surface area (Å²) in [5.74, 6) is 0. The molecule has 6 nitrogen and oxygen atoms in total. The Hall–Kier alpha value is -2.38. The molecule has 0 fully saturated rings. The number of methoxy groups -OCH3 is 1. The second-order valence-electron chi connectivity index (χ2n) is 5.27. The number of benzene rings is 2. The molecule has 0 saturated carbocycles. The highest BCUT2D eigenvalue weighted by Crippen LogP contribution is 2.16. The van der Waals surface area contributed by atoms with Crippen LogP contribution in [-0.2, 0) is 14.6 Å². The van der Waals surface area contributed by atoms with E-state index in [1.807, 2.05) is 30.3 Å². The number of rotatable bonds is 6. The lowest BCUT2D eigenvalue weighted by atomic mass is 10.1. The third-order valence-electron chi connectivity index (χ3n) is 3.42. The van der Waals surface area contributed by atoms with E-state index in [4.69, 9.17) is 4.74 Å². The smallest absolute Gasteiger partial charge is 0.319 e. The van der Waals surface area contributed by atoms with Crippen LogP contribution < -0.4 is 10.6 Å². The van der Waals surface area contributed by atoms with Gasteiger partial charge in [-0.1, -0.05) is 36.4 Å². The van der Waals surface area contributed by atoms with E-state index in [9.17, 15) is 13.2 Å². The Morgan fingerprint density at radius 3 is 2.46 bits per heavy atom. The number of ether oxygens (including phenoxy) is 1. The van der Waals surface area contributed by atoms with Crippen LogP contribution in [-0.4, -0.2) is 34.4 Å². The molecule has 2 aromatic rings. The molecule has 7 heteroatoms. The molecule has 24 heavy (non-hydrogen) atoms. The normalized spacial score (nSPS) is 12.4. The van der Waals surface area contributed by atoms with Crippen LogP contribution in [0.4, 0.5) is 10.5 Å². The number of anilines is 1. The molecule has 0 radical (unpaired) electrons. The van der Waals surface area contributed by atoms with E-state index >= 15 is 0 Å². The van der Waals surface area contributed by atoms with E-state index in [1.165, 1.54) is 12.1 Å². The highest BCUT2D eigenvalue weighted by atomic mass is 32.2. The van der Waals surface area contributed by atoms with Crippen LogP contribution in [0.25, 0.3) is 0 Å². The Balaban J connectivity index is 1.96. The van der Waals surface area contributed by atoms with Gasteiger partial charge in [-0.3, -0.25) is 0 Å². The van der Waals surface area contributed by atoms with Crippen LogP contribution in [0.1, 0.15) is 11.7 Å². The first kappa shape index (κ1) is 18.0. The molecular formula is C17H20N2O4S. The molecule has 1 unspecified atom stereocenters. The van der Waals surface area contributed by atoms with Crippen molar-refractivity contribution in [2.75, 3.05) is 25.2 Å². The van der Waals surface area contributed by atoms with Crippen LogP contribution in [0.2, 0.25) is 0 Å². The van der Waals surface area contributed by atoms with Crippen molar-refractivity contribution in [2.24, 2.45) is 0 Å². The molecular weight excluding hydrogens is 328 g/mol. The number of carbonyl (C=O) groups is 1. The average molecular weight is 348 g/mol. The van der Waals surface area contributed by atoms with Crippen LogP contribution in [0.15, 0.2) is 59.5 Å². The molecule has 128 valence electrons. The van der Waals surface area contributed by atoms with Gasteiger partial charge in [-0.15, -0.1) is 0 Å². The lowest BCUT2D eigenvalue weighted by molar-refractivity contribution is 0.104. The third-order valence-corrected chi connectivity index (χ3v) is 4.53. The van der Waals surface area contributed by atoms with Crippen LogP contribution in [0.5, 0.6) is 0 Å². The maximum absolute atomic E-state index is 12.0. The first-order valence-corrected chi connectivity index (χ1v) is 9.22. The zero-order chi connectivity index (χ0) is 17.6. The van der Waals surface area contributed by atoms with Crippen LogP contribution >= 0.6 is 0 Å². The fourth-order valence-electron chi connectivity index (χ4n) is 2.17. The second-order valence-corrected chi connectivity index (χ2v) is 7.29. The first-order chi connectivity index (χ1) is 11.4. The molecule has 2 amide bonds. The number of urea groups is 1. The van der Waals surface area contributed by atoms with Gasteiger partial charge in [-0.05, 0) is 23.8 Å². The summed E-state index contributed by atoms with van der Waals surface area (Å²) in [5.41, 5.74) is 1.36. The molecule has 0 aliphatic rings. The van der Waals surface area contributed by atoms with Gasteiger partial charge in [-0.2, -0.15) is 0 Å². The second kappa shape index (κ2) is 7.94. The van der Waals surface area contributed by atoms with Gasteiger partial charge < -0.3 is 15.4 Å². The standard InChI is InChI=1S/C17H20N2O4S/c1-23-16(13-7-4-3-5-8-13)12-18-17(20)19-14-9-6-10-15(11-14)24(2,21)22/h3-11,16H,12H2,1-2H3,(H2,18,19,20). The van der Waals surface area contributed by atoms with E-state index in [0.29, 0.717) is 5.69 Å². The summed E-state index contributed by atoms with van der Waals surface area (Å²) in [6, 6.07) is 15.2. The van der Waals surface area contributed by atoms with Crippen molar-refractivity contribution in [3.63, 3.8) is 0 Å². The lowest BCUT2D eigenvalue weighted by Gasteiger charge is -2.17. The van der Waals surface area contributed by atoms with Crippen molar-refractivity contribution in [1.29, 1.82) is 0 Å². The molecule has 2 N–H and O–H groups in total. The van der Waals surface area contributed by atoms with Gasteiger partial charge in [0.05, 0.1) is 11.0 Å². The summed E-state index contributed by atoms with van der Waals surface area (Å²) in [4.78, 5) is 12.2. The minimum atomic E-state index is -3.32. The molecule has 2 aromatic carbocycles. The SMILES string of the molecule is COC(CNC(=O)Nc1cccc(S(C)(=O)=O)c1)c1ccccc1. The highest BCUT2D eigenvalue weighted by Gasteiger charge is 2.12. The predicted molar refractivity (Wildman–Crippen MR) is 92.8 cm³/mol. The molecule has 0 spiro atoms. The maximum Gasteiger partial charge on any atom is 0.319 e.